The van der Waals surface area contributed by atoms with E-state index >= 15 is 0 Å². The van der Waals surface area contributed by atoms with Gasteiger partial charge in [0.25, 0.3) is 0 Å². The van der Waals surface area contributed by atoms with Crippen molar-refractivity contribution in [1.82, 2.24) is 0 Å². The van der Waals surface area contributed by atoms with Gasteiger partial charge in [-0.05, 0) is 36.5 Å². The van der Waals surface area contributed by atoms with Gasteiger partial charge in [0.05, 0.1) is 0 Å². The molecule has 65 valence electrons. The number of aryl methyl sites for hydroxylation is 2. The van der Waals surface area contributed by atoms with E-state index in [1.54, 1.807) is 0 Å². The molecule has 0 bridgehead atoms. The average Bonchev–Trinajstić information content (AvgIpc) is 2.15. The van der Waals surface area contributed by atoms with Crippen LogP contribution in [0.5, 0.6) is 0 Å². The van der Waals surface area contributed by atoms with Crippen molar-refractivity contribution >= 4 is 0 Å². The van der Waals surface area contributed by atoms with Crippen LogP contribution in [0.4, 0.5) is 0 Å². The third-order valence-electron chi connectivity index (χ3n) is 2.14. The summed E-state index contributed by atoms with van der Waals surface area (Å²) in [4.78, 5) is 0. The topological polar surface area (TPSA) is 0 Å². The number of benzene rings is 1. The Morgan fingerprint density at radius 1 is 1.17 bits per heavy atom. The lowest BCUT2D eigenvalue weighted by Crippen LogP contribution is -1.87. The Balaban J connectivity index is 2.60. The Morgan fingerprint density at radius 3 is 2.58 bits per heavy atom. The molecule has 0 saturated heterocycles. The molecule has 0 unspecified atom stereocenters. The molecule has 0 amide bonds. The molecule has 0 aliphatic rings. The molecule has 0 spiro atoms. The Morgan fingerprint density at radius 2 is 1.92 bits per heavy atom. The van der Waals surface area contributed by atoms with Gasteiger partial charge in [0.2, 0.25) is 0 Å². The van der Waals surface area contributed by atoms with Crippen molar-refractivity contribution in [2.24, 2.45) is 0 Å². The Hall–Kier alpha value is -0.780. The zero-order valence-electron chi connectivity index (χ0n) is 8.06. The van der Waals surface area contributed by atoms with Crippen molar-refractivity contribution in [2.75, 3.05) is 0 Å². The maximum Gasteiger partial charge on any atom is -0.0178 e. The summed E-state index contributed by atoms with van der Waals surface area (Å²) in [6, 6.07) is 9.67. The lowest BCUT2D eigenvalue weighted by molar-refractivity contribution is 0.794. The minimum atomic E-state index is 1.12. The van der Waals surface area contributed by atoms with Gasteiger partial charge < -0.3 is 0 Å². The van der Waals surface area contributed by atoms with Crippen LogP contribution in [0.3, 0.4) is 0 Å². The van der Waals surface area contributed by atoms with E-state index in [0.29, 0.717) is 0 Å². The van der Waals surface area contributed by atoms with E-state index in [-0.39, 0.29) is 0 Å². The van der Waals surface area contributed by atoms with Crippen LogP contribution >= 0.6 is 0 Å². The highest BCUT2D eigenvalue weighted by Crippen LogP contribution is 2.08. The second-order valence-electron chi connectivity index (χ2n) is 3.21. The Kier molecular flexibility index (Phi) is 3.86. The Labute approximate surface area is 75.6 Å². The molecule has 0 N–H and O–H groups in total. The molecule has 0 heterocycles. The van der Waals surface area contributed by atoms with Crippen LogP contribution in [0.2, 0.25) is 0 Å². The molecule has 1 rings (SSSR count). The standard InChI is InChI=1S/C12H17/c1-3-5-7-12-9-6-8-11(4-2)10-12/h8-10H,3-5,7H2,1-2H3. The third-order valence-corrected chi connectivity index (χ3v) is 2.14. The second-order valence-corrected chi connectivity index (χ2v) is 3.21. The molecular weight excluding hydrogens is 144 g/mol. The SMILES string of the molecule is CCCCc1c[c]cc(CC)c1. The van der Waals surface area contributed by atoms with Gasteiger partial charge in [-0.3, -0.25) is 0 Å². The van der Waals surface area contributed by atoms with Gasteiger partial charge in [-0.25, -0.2) is 0 Å². The van der Waals surface area contributed by atoms with Gasteiger partial charge in [-0.15, -0.1) is 0 Å². The van der Waals surface area contributed by atoms with Crippen LogP contribution in [0.1, 0.15) is 37.8 Å². The van der Waals surface area contributed by atoms with Gasteiger partial charge in [0, 0.05) is 0 Å². The summed E-state index contributed by atoms with van der Waals surface area (Å²) in [5, 5.41) is 0. The van der Waals surface area contributed by atoms with Crippen molar-refractivity contribution in [3.05, 3.63) is 35.4 Å². The first-order chi connectivity index (χ1) is 5.86. The lowest BCUT2D eigenvalue weighted by Gasteiger charge is -2.01. The maximum absolute atomic E-state index is 3.19. The van der Waals surface area contributed by atoms with Crippen LogP contribution in [0.25, 0.3) is 0 Å². The Bertz CT molecular complexity index is 225. The van der Waals surface area contributed by atoms with Crippen LogP contribution in [-0.2, 0) is 12.8 Å². The molecule has 0 aliphatic heterocycles. The van der Waals surface area contributed by atoms with Crippen LogP contribution in [-0.4, -0.2) is 0 Å². The van der Waals surface area contributed by atoms with Crippen molar-refractivity contribution in [2.45, 2.75) is 39.5 Å². The lowest BCUT2D eigenvalue weighted by atomic mass is 10.0. The molecule has 0 nitrogen and oxygen atoms in total. The molecule has 1 radical (unpaired) electrons. The molecule has 0 heteroatoms. The first-order valence-corrected chi connectivity index (χ1v) is 4.85. The molecular formula is C12H17. The smallest absolute Gasteiger partial charge is 0.0178 e. The van der Waals surface area contributed by atoms with E-state index in [1.807, 2.05) is 0 Å². The first kappa shape index (κ1) is 9.31. The average molecular weight is 161 g/mol. The zero-order valence-corrected chi connectivity index (χ0v) is 8.06. The molecule has 0 saturated carbocycles. The largest absolute Gasteiger partial charge is 0.0654 e. The summed E-state index contributed by atoms with van der Waals surface area (Å²) < 4.78 is 0. The highest BCUT2D eigenvalue weighted by atomic mass is 14.0. The summed E-state index contributed by atoms with van der Waals surface area (Å²) >= 11 is 0. The molecule has 12 heavy (non-hydrogen) atoms. The zero-order chi connectivity index (χ0) is 8.81. The molecule has 0 atom stereocenters. The summed E-state index contributed by atoms with van der Waals surface area (Å²) in [7, 11) is 0. The molecule has 0 fully saturated rings. The normalized spacial score (nSPS) is 10.2. The molecule has 0 aliphatic carbocycles. The highest BCUT2D eigenvalue weighted by molar-refractivity contribution is 5.22. The van der Waals surface area contributed by atoms with E-state index in [2.05, 4.69) is 38.1 Å². The van der Waals surface area contributed by atoms with Crippen LogP contribution in [0.15, 0.2) is 18.2 Å². The van der Waals surface area contributed by atoms with Crippen molar-refractivity contribution < 1.29 is 0 Å². The molecule has 1 aromatic carbocycles. The van der Waals surface area contributed by atoms with E-state index in [9.17, 15) is 0 Å². The van der Waals surface area contributed by atoms with Gasteiger partial charge >= 0.3 is 0 Å². The second kappa shape index (κ2) is 4.97. The van der Waals surface area contributed by atoms with Crippen molar-refractivity contribution in [3.63, 3.8) is 0 Å². The van der Waals surface area contributed by atoms with Gasteiger partial charge in [0.15, 0.2) is 0 Å². The van der Waals surface area contributed by atoms with Gasteiger partial charge in [-0.2, -0.15) is 0 Å². The summed E-state index contributed by atoms with van der Waals surface area (Å²) in [5.41, 5.74) is 2.85. The molecule has 0 aromatic heterocycles. The fraction of sp³-hybridized carbons (Fsp3) is 0.500. The highest BCUT2D eigenvalue weighted by Gasteiger charge is 1.93. The van der Waals surface area contributed by atoms with Crippen LogP contribution in [0, 0.1) is 6.07 Å². The van der Waals surface area contributed by atoms with Crippen LogP contribution < -0.4 is 0 Å². The van der Waals surface area contributed by atoms with E-state index in [0.717, 1.165) is 6.42 Å². The number of hydrogen-bond donors (Lipinski definition) is 0. The molecule has 1 aromatic rings. The third kappa shape index (κ3) is 2.69. The summed E-state index contributed by atoms with van der Waals surface area (Å²) in [6.45, 7) is 4.42. The van der Waals surface area contributed by atoms with E-state index in [1.165, 1.54) is 30.4 Å². The maximum atomic E-state index is 3.19. The van der Waals surface area contributed by atoms with Gasteiger partial charge in [0.1, 0.15) is 0 Å². The summed E-state index contributed by atoms with van der Waals surface area (Å²) in [6.07, 6.45) is 4.90. The van der Waals surface area contributed by atoms with Crippen molar-refractivity contribution in [3.8, 4) is 0 Å². The quantitative estimate of drug-likeness (QED) is 0.635. The number of rotatable bonds is 4. The van der Waals surface area contributed by atoms with E-state index in [4.69, 9.17) is 0 Å². The fourth-order valence-electron chi connectivity index (χ4n) is 1.31. The number of unbranched alkanes of at least 4 members (excludes halogenated alkanes) is 1. The van der Waals surface area contributed by atoms with Gasteiger partial charge in [-0.1, -0.05) is 38.5 Å². The van der Waals surface area contributed by atoms with Crippen molar-refractivity contribution in [1.29, 1.82) is 0 Å². The minimum absolute atomic E-state index is 1.12. The predicted molar refractivity (Wildman–Crippen MR) is 53.3 cm³/mol. The first-order valence-electron chi connectivity index (χ1n) is 4.85. The monoisotopic (exact) mass is 161 g/mol. The fourth-order valence-corrected chi connectivity index (χ4v) is 1.31. The number of hydrogen-bond acceptors (Lipinski definition) is 0. The minimum Gasteiger partial charge on any atom is -0.0654 e. The van der Waals surface area contributed by atoms with E-state index < -0.39 is 0 Å². The summed E-state index contributed by atoms with van der Waals surface area (Å²) in [5.74, 6) is 0. The predicted octanol–water partition coefficient (Wildman–Crippen LogP) is 3.39.